The summed E-state index contributed by atoms with van der Waals surface area (Å²) in [6.45, 7) is 4.73. The van der Waals surface area contributed by atoms with E-state index in [2.05, 4.69) is 24.1 Å². The number of Topliss-reactive ketones (excluding diaryl/α,β-unsaturated/α-hetero) is 1. The van der Waals surface area contributed by atoms with Crippen LogP contribution in [0.2, 0.25) is 0 Å². The van der Waals surface area contributed by atoms with Crippen molar-refractivity contribution < 1.29 is 19.1 Å². The molecule has 6 nitrogen and oxygen atoms in total. The van der Waals surface area contributed by atoms with Crippen LogP contribution in [0.25, 0.3) is 0 Å². The fraction of sp³-hybridized carbons (Fsp3) is 0.389. The van der Waals surface area contributed by atoms with Crippen molar-refractivity contribution in [3.63, 3.8) is 0 Å². The minimum atomic E-state index is -0.614. The summed E-state index contributed by atoms with van der Waals surface area (Å²) in [5.41, 5.74) is 0.581. The number of rotatable bonds is 9. The number of thiazole rings is 1. The number of hydrogen-bond donors (Lipinski definition) is 1. The Morgan fingerprint density at radius 2 is 2.04 bits per heavy atom. The summed E-state index contributed by atoms with van der Waals surface area (Å²) >= 11 is 1.34. The number of nitrogens with one attached hydrogen (secondary N) is 1. The summed E-state index contributed by atoms with van der Waals surface area (Å²) in [5.74, 6) is 0.111. The van der Waals surface area contributed by atoms with Crippen LogP contribution in [0, 0.1) is 5.92 Å². The second kappa shape index (κ2) is 9.17. The van der Waals surface area contributed by atoms with Gasteiger partial charge in [0.1, 0.15) is 5.75 Å². The molecule has 0 spiro atoms. The highest BCUT2D eigenvalue weighted by molar-refractivity contribution is 7.13. The first-order valence-electron chi connectivity index (χ1n) is 8.04. The zero-order chi connectivity index (χ0) is 18.2. The van der Waals surface area contributed by atoms with Gasteiger partial charge in [-0.15, -0.1) is 11.3 Å². The number of hydrogen-bond acceptors (Lipinski definition) is 7. The highest BCUT2D eigenvalue weighted by Gasteiger charge is 2.17. The molecule has 2 rings (SSSR count). The van der Waals surface area contributed by atoms with Crippen molar-refractivity contribution in [1.29, 1.82) is 0 Å². The van der Waals surface area contributed by atoms with Crippen LogP contribution in [-0.4, -0.2) is 37.0 Å². The van der Waals surface area contributed by atoms with Crippen LogP contribution >= 0.6 is 11.3 Å². The molecule has 0 aliphatic heterocycles. The van der Waals surface area contributed by atoms with Gasteiger partial charge in [-0.25, -0.2) is 9.78 Å². The van der Waals surface area contributed by atoms with E-state index in [0.717, 1.165) is 13.0 Å². The molecular formula is C18H22N2O4S. The Morgan fingerprint density at radius 1 is 1.28 bits per heavy atom. The number of benzene rings is 1. The quantitative estimate of drug-likeness (QED) is 0.542. The molecule has 0 aliphatic carbocycles. The lowest BCUT2D eigenvalue weighted by atomic mass is 10.1. The zero-order valence-corrected chi connectivity index (χ0v) is 15.4. The molecule has 1 heterocycles. The molecule has 0 radical (unpaired) electrons. The molecule has 0 amide bonds. The van der Waals surface area contributed by atoms with E-state index >= 15 is 0 Å². The van der Waals surface area contributed by atoms with E-state index < -0.39 is 5.97 Å². The smallest absolute Gasteiger partial charge is 0.358 e. The fourth-order valence-electron chi connectivity index (χ4n) is 2.07. The molecule has 2 aromatic rings. The maximum absolute atomic E-state index is 12.2. The number of ether oxygens (including phenoxy) is 2. The van der Waals surface area contributed by atoms with E-state index in [1.807, 2.05) is 0 Å². The number of methoxy groups -OCH3 is 1. The van der Waals surface area contributed by atoms with Gasteiger partial charge in [-0.1, -0.05) is 26.0 Å². The normalized spacial score (nSPS) is 10.6. The van der Waals surface area contributed by atoms with E-state index in [0.29, 0.717) is 22.4 Å². The van der Waals surface area contributed by atoms with Gasteiger partial charge >= 0.3 is 5.97 Å². The summed E-state index contributed by atoms with van der Waals surface area (Å²) < 4.78 is 10.2. The summed E-state index contributed by atoms with van der Waals surface area (Å²) in [4.78, 5) is 28.4. The molecule has 0 saturated heterocycles. The SMILES string of the molecule is COc1ccccc1C(=O)COC(=O)c1csc(NCCC(C)C)n1. The van der Waals surface area contributed by atoms with E-state index in [4.69, 9.17) is 9.47 Å². The third kappa shape index (κ3) is 5.56. The highest BCUT2D eigenvalue weighted by Crippen LogP contribution is 2.19. The van der Waals surface area contributed by atoms with E-state index in [1.165, 1.54) is 18.4 Å². The van der Waals surface area contributed by atoms with E-state index in [1.54, 1.807) is 29.6 Å². The molecule has 0 aliphatic rings. The second-order valence-corrected chi connectivity index (χ2v) is 6.70. The zero-order valence-electron chi connectivity index (χ0n) is 14.6. The van der Waals surface area contributed by atoms with Crippen LogP contribution in [0.4, 0.5) is 5.13 Å². The third-order valence-corrected chi connectivity index (χ3v) is 4.25. The van der Waals surface area contributed by atoms with Crippen LogP contribution in [0.5, 0.6) is 5.75 Å². The Bertz CT molecular complexity index is 727. The molecule has 0 fully saturated rings. The molecule has 0 unspecified atom stereocenters. The van der Waals surface area contributed by atoms with E-state index in [-0.39, 0.29) is 18.1 Å². The molecule has 0 saturated carbocycles. The molecule has 1 N–H and O–H groups in total. The second-order valence-electron chi connectivity index (χ2n) is 5.85. The van der Waals surface area contributed by atoms with Crippen molar-refractivity contribution in [2.24, 2.45) is 5.92 Å². The number of para-hydroxylation sites is 1. The lowest BCUT2D eigenvalue weighted by molar-refractivity contribution is 0.0469. The van der Waals surface area contributed by atoms with E-state index in [9.17, 15) is 9.59 Å². The summed E-state index contributed by atoms with van der Waals surface area (Å²) in [6.07, 6.45) is 1.02. The molecule has 134 valence electrons. The van der Waals surface area contributed by atoms with Crippen LogP contribution in [-0.2, 0) is 4.74 Å². The van der Waals surface area contributed by atoms with Gasteiger partial charge in [0.25, 0.3) is 0 Å². The van der Waals surface area contributed by atoms with Gasteiger partial charge in [0.05, 0.1) is 12.7 Å². The van der Waals surface area contributed by atoms with Gasteiger partial charge in [0.15, 0.2) is 17.4 Å². The number of esters is 1. The summed E-state index contributed by atoms with van der Waals surface area (Å²) in [7, 11) is 1.49. The minimum Gasteiger partial charge on any atom is -0.496 e. The lowest BCUT2D eigenvalue weighted by Crippen LogP contribution is -2.15. The van der Waals surface area contributed by atoms with Crippen LogP contribution < -0.4 is 10.1 Å². The Balaban J connectivity index is 1.88. The number of nitrogens with zero attached hydrogens (tertiary/aromatic N) is 1. The van der Waals surface area contributed by atoms with Gasteiger partial charge in [-0.05, 0) is 24.5 Å². The van der Waals surface area contributed by atoms with Crippen LogP contribution in [0.1, 0.15) is 41.1 Å². The number of aromatic nitrogens is 1. The number of ketones is 1. The maximum Gasteiger partial charge on any atom is 0.358 e. The average Bonchev–Trinajstić information content (AvgIpc) is 3.08. The topological polar surface area (TPSA) is 77.5 Å². The number of anilines is 1. The molecule has 0 atom stereocenters. The van der Waals surface area contributed by atoms with Crippen LogP contribution in [0.3, 0.4) is 0 Å². The molecule has 25 heavy (non-hydrogen) atoms. The Labute approximate surface area is 151 Å². The van der Waals surface area contributed by atoms with Crippen LogP contribution in [0.15, 0.2) is 29.6 Å². The number of carbonyl (C=O) groups excluding carboxylic acids is 2. The Hall–Kier alpha value is -2.41. The standard InChI is InChI=1S/C18H22N2O4S/c1-12(2)8-9-19-18-20-14(11-25-18)17(22)24-10-15(21)13-6-4-5-7-16(13)23-3/h4-7,11-12H,8-10H2,1-3H3,(H,19,20). The lowest BCUT2D eigenvalue weighted by Gasteiger charge is -2.07. The third-order valence-electron chi connectivity index (χ3n) is 3.45. The first-order valence-corrected chi connectivity index (χ1v) is 8.92. The van der Waals surface area contributed by atoms with Gasteiger partial charge in [-0.3, -0.25) is 4.79 Å². The summed E-state index contributed by atoms with van der Waals surface area (Å²) in [5, 5.41) is 5.46. The first-order chi connectivity index (χ1) is 12.0. The Morgan fingerprint density at radius 3 is 2.76 bits per heavy atom. The first kappa shape index (κ1) is 18.9. The molecular weight excluding hydrogens is 340 g/mol. The highest BCUT2D eigenvalue weighted by atomic mass is 32.1. The van der Waals surface area contributed by atoms with Crippen molar-refractivity contribution >= 4 is 28.2 Å². The van der Waals surface area contributed by atoms with Crippen molar-refractivity contribution in [2.45, 2.75) is 20.3 Å². The molecule has 0 bridgehead atoms. The monoisotopic (exact) mass is 362 g/mol. The number of carbonyl (C=O) groups is 2. The molecule has 1 aromatic carbocycles. The molecule has 7 heteroatoms. The van der Waals surface area contributed by atoms with Gasteiger partial charge in [0, 0.05) is 11.9 Å². The summed E-state index contributed by atoms with van der Waals surface area (Å²) in [6, 6.07) is 6.82. The average molecular weight is 362 g/mol. The largest absolute Gasteiger partial charge is 0.496 e. The van der Waals surface area contributed by atoms with Gasteiger partial charge in [-0.2, -0.15) is 0 Å². The minimum absolute atomic E-state index is 0.199. The van der Waals surface area contributed by atoms with Crippen molar-refractivity contribution in [1.82, 2.24) is 4.98 Å². The van der Waals surface area contributed by atoms with Crippen molar-refractivity contribution in [3.8, 4) is 5.75 Å². The Kier molecular flexibility index (Phi) is 6.94. The van der Waals surface area contributed by atoms with Gasteiger partial charge < -0.3 is 14.8 Å². The predicted octanol–water partition coefficient (Wildman–Crippen LogP) is 3.65. The molecule has 1 aromatic heterocycles. The van der Waals surface area contributed by atoms with Crippen molar-refractivity contribution in [3.05, 3.63) is 40.9 Å². The van der Waals surface area contributed by atoms with Crippen molar-refractivity contribution in [2.75, 3.05) is 25.6 Å². The van der Waals surface area contributed by atoms with Gasteiger partial charge in [0.2, 0.25) is 5.78 Å². The fourth-order valence-corrected chi connectivity index (χ4v) is 2.78. The maximum atomic E-state index is 12.2. The predicted molar refractivity (Wildman–Crippen MR) is 97.7 cm³/mol.